The third-order valence-corrected chi connectivity index (χ3v) is 4.78. The molecule has 0 aromatic heterocycles. The Hall–Kier alpha value is -2.35. The highest BCUT2D eigenvalue weighted by atomic mass is 32.2. The van der Waals surface area contributed by atoms with Crippen LogP contribution >= 0.6 is 0 Å². The number of aryl methyl sites for hydroxylation is 1. The van der Waals surface area contributed by atoms with Gasteiger partial charge < -0.3 is 15.5 Å². The molecule has 0 saturated carbocycles. The van der Waals surface area contributed by atoms with Crippen LogP contribution in [0.5, 0.6) is 0 Å². The van der Waals surface area contributed by atoms with E-state index in [1.807, 2.05) is 6.92 Å². The van der Waals surface area contributed by atoms with Crippen molar-refractivity contribution in [1.29, 1.82) is 0 Å². The molecule has 8 heteroatoms. The van der Waals surface area contributed by atoms with E-state index in [1.165, 1.54) is 11.2 Å². The first-order valence-corrected chi connectivity index (χ1v) is 10.1. The molecule has 1 amide bonds. The highest BCUT2D eigenvalue weighted by molar-refractivity contribution is 7.90. The van der Waals surface area contributed by atoms with Gasteiger partial charge in [-0.1, -0.05) is 24.3 Å². The number of guanidine groups is 1. The highest BCUT2D eigenvalue weighted by Crippen LogP contribution is 2.17. The molecule has 0 heterocycles. The van der Waals surface area contributed by atoms with Crippen molar-refractivity contribution in [2.45, 2.75) is 25.3 Å². The largest absolute Gasteiger partial charge is 0.353 e. The Morgan fingerprint density at radius 2 is 1.85 bits per heavy atom. The highest BCUT2D eigenvalue weighted by Gasteiger charge is 2.11. The van der Waals surface area contributed by atoms with Gasteiger partial charge in [-0.05, 0) is 31.0 Å². The average Bonchev–Trinajstić information content (AvgIpc) is 2.52. The second-order valence-corrected chi connectivity index (χ2v) is 8.47. The van der Waals surface area contributed by atoms with Crippen LogP contribution in [0.3, 0.4) is 0 Å². The summed E-state index contributed by atoms with van der Waals surface area (Å²) < 4.78 is 23.4. The molecule has 144 valence electrons. The van der Waals surface area contributed by atoms with Gasteiger partial charge in [0.1, 0.15) is 0 Å². The van der Waals surface area contributed by atoms with E-state index < -0.39 is 9.84 Å². The van der Waals surface area contributed by atoms with Gasteiger partial charge in [-0.25, -0.2) is 13.4 Å². The summed E-state index contributed by atoms with van der Waals surface area (Å²) in [5.74, 6) is 0.427. The maximum Gasteiger partial charge on any atom is 0.241 e. The summed E-state index contributed by atoms with van der Waals surface area (Å²) in [7, 11) is 0.139. The minimum atomic E-state index is -3.24. The lowest BCUT2D eigenvalue weighted by atomic mass is 10.1. The Balaban J connectivity index is 2.89. The van der Waals surface area contributed by atoms with Crippen molar-refractivity contribution >= 4 is 21.7 Å². The van der Waals surface area contributed by atoms with Crippen molar-refractivity contribution in [2.24, 2.45) is 4.99 Å². The SMILES string of the molecule is C=C(C)CNC(=NCc1ccc(S(C)(=O)=O)c(C)c1)NCC(=O)N(C)C. The zero-order valence-corrected chi connectivity index (χ0v) is 16.9. The number of nitrogens with one attached hydrogen (secondary N) is 2. The normalized spacial score (nSPS) is 11.8. The predicted octanol–water partition coefficient (Wildman–Crippen LogP) is 1.10. The predicted molar refractivity (Wildman–Crippen MR) is 105 cm³/mol. The van der Waals surface area contributed by atoms with Crippen molar-refractivity contribution in [3.8, 4) is 0 Å². The molecule has 0 fully saturated rings. The fourth-order valence-electron chi connectivity index (χ4n) is 2.12. The van der Waals surface area contributed by atoms with Crippen LogP contribution in [0.4, 0.5) is 0 Å². The first-order valence-electron chi connectivity index (χ1n) is 8.17. The number of amides is 1. The van der Waals surface area contributed by atoms with Crippen molar-refractivity contribution in [3.05, 3.63) is 41.5 Å². The van der Waals surface area contributed by atoms with Crippen molar-refractivity contribution in [3.63, 3.8) is 0 Å². The topological polar surface area (TPSA) is 90.9 Å². The first-order chi connectivity index (χ1) is 12.0. The Labute approximate surface area is 156 Å². The van der Waals surface area contributed by atoms with Crippen LogP contribution in [0.15, 0.2) is 40.2 Å². The number of hydrogen-bond donors (Lipinski definition) is 2. The quantitative estimate of drug-likeness (QED) is 0.420. The van der Waals surface area contributed by atoms with Gasteiger partial charge in [0.05, 0.1) is 18.0 Å². The van der Waals surface area contributed by atoms with Crippen LogP contribution in [0.2, 0.25) is 0 Å². The van der Waals surface area contributed by atoms with E-state index in [0.717, 1.165) is 11.1 Å². The van der Waals surface area contributed by atoms with E-state index >= 15 is 0 Å². The van der Waals surface area contributed by atoms with Crippen LogP contribution < -0.4 is 10.6 Å². The molecule has 26 heavy (non-hydrogen) atoms. The summed E-state index contributed by atoms with van der Waals surface area (Å²) in [5.41, 5.74) is 2.50. The number of rotatable bonds is 7. The fourth-order valence-corrected chi connectivity index (χ4v) is 3.08. The van der Waals surface area contributed by atoms with Gasteiger partial charge >= 0.3 is 0 Å². The molecular formula is C18H28N4O3S. The zero-order valence-electron chi connectivity index (χ0n) is 16.1. The van der Waals surface area contributed by atoms with Gasteiger partial charge in [0, 0.05) is 26.9 Å². The molecule has 0 atom stereocenters. The monoisotopic (exact) mass is 380 g/mol. The van der Waals surface area contributed by atoms with Crippen LogP contribution in [0, 0.1) is 6.92 Å². The smallest absolute Gasteiger partial charge is 0.241 e. The lowest BCUT2D eigenvalue weighted by Crippen LogP contribution is -2.43. The van der Waals surface area contributed by atoms with Crippen LogP contribution in [0.1, 0.15) is 18.1 Å². The Kier molecular flexibility index (Phi) is 7.82. The van der Waals surface area contributed by atoms with Crippen LogP contribution in [-0.2, 0) is 21.2 Å². The summed E-state index contributed by atoms with van der Waals surface area (Å²) in [4.78, 5) is 18.0. The van der Waals surface area contributed by atoms with Crippen molar-refractivity contribution in [1.82, 2.24) is 15.5 Å². The van der Waals surface area contributed by atoms with E-state index in [-0.39, 0.29) is 12.5 Å². The van der Waals surface area contributed by atoms with Gasteiger partial charge in [0.2, 0.25) is 5.91 Å². The third-order valence-electron chi connectivity index (χ3n) is 3.52. The molecule has 1 aromatic carbocycles. The number of aliphatic imine (C=N–C) groups is 1. The number of carbonyl (C=O) groups is 1. The molecule has 0 saturated heterocycles. The molecular weight excluding hydrogens is 352 g/mol. The molecule has 0 aliphatic carbocycles. The van der Waals surface area contributed by atoms with Crippen molar-refractivity contribution < 1.29 is 13.2 Å². The van der Waals surface area contributed by atoms with Crippen LogP contribution in [-0.4, -0.2) is 58.6 Å². The number of sulfone groups is 1. The minimum Gasteiger partial charge on any atom is -0.353 e. The third kappa shape index (κ3) is 7.26. The molecule has 1 rings (SSSR count). The molecule has 0 radical (unpaired) electrons. The Bertz CT molecular complexity index is 799. The van der Waals surface area contributed by atoms with E-state index in [9.17, 15) is 13.2 Å². The van der Waals surface area contributed by atoms with Gasteiger partial charge in [-0.3, -0.25) is 4.79 Å². The summed E-state index contributed by atoms with van der Waals surface area (Å²) in [6, 6.07) is 5.15. The maximum absolute atomic E-state index is 11.7. The fraction of sp³-hybridized carbons (Fsp3) is 0.444. The molecule has 2 N–H and O–H groups in total. The second-order valence-electron chi connectivity index (χ2n) is 6.49. The maximum atomic E-state index is 11.7. The minimum absolute atomic E-state index is 0.0665. The van der Waals surface area contributed by atoms with Gasteiger partial charge in [0.25, 0.3) is 0 Å². The molecule has 0 bridgehead atoms. The zero-order chi connectivity index (χ0) is 19.9. The number of likely N-dealkylation sites (N-methyl/N-ethyl adjacent to an activating group) is 1. The molecule has 1 aromatic rings. The molecule has 0 unspecified atom stereocenters. The van der Waals surface area contributed by atoms with Crippen molar-refractivity contribution in [2.75, 3.05) is 33.4 Å². The van der Waals surface area contributed by atoms with E-state index in [1.54, 1.807) is 39.2 Å². The van der Waals surface area contributed by atoms with Crippen LogP contribution in [0.25, 0.3) is 0 Å². The van der Waals surface area contributed by atoms with E-state index in [2.05, 4.69) is 22.2 Å². The summed E-state index contributed by atoms with van der Waals surface area (Å²) in [6.45, 7) is 8.50. The molecule has 0 spiro atoms. The average molecular weight is 381 g/mol. The molecule has 7 nitrogen and oxygen atoms in total. The number of carbonyl (C=O) groups excluding carboxylic acids is 1. The number of benzene rings is 1. The Morgan fingerprint density at radius 3 is 2.35 bits per heavy atom. The number of hydrogen-bond acceptors (Lipinski definition) is 4. The Morgan fingerprint density at radius 1 is 1.23 bits per heavy atom. The molecule has 0 aliphatic heterocycles. The van der Waals surface area contributed by atoms with E-state index in [0.29, 0.717) is 29.5 Å². The summed E-state index contributed by atoms with van der Waals surface area (Å²) in [5, 5.41) is 6.09. The first kappa shape index (κ1) is 21.7. The summed E-state index contributed by atoms with van der Waals surface area (Å²) in [6.07, 6.45) is 1.19. The standard InChI is InChI=1S/C18H28N4O3S/c1-13(2)10-19-18(21-12-17(23)22(4)5)20-11-15-7-8-16(14(3)9-15)26(6,24)25/h7-9H,1,10-12H2,2-6H3,(H2,19,20,21). The number of nitrogens with zero attached hydrogens (tertiary/aromatic N) is 2. The van der Waals surface area contributed by atoms with E-state index in [4.69, 9.17) is 0 Å². The lowest BCUT2D eigenvalue weighted by molar-refractivity contribution is -0.127. The van der Waals surface area contributed by atoms with Gasteiger partial charge in [-0.2, -0.15) is 0 Å². The lowest BCUT2D eigenvalue weighted by Gasteiger charge is -2.15. The second kappa shape index (κ2) is 9.38. The van der Waals surface area contributed by atoms with Gasteiger partial charge in [0.15, 0.2) is 15.8 Å². The van der Waals surface area contributed by atoms with Gasteiger partial charge in [-0.15, -0.1) is 0 Å². The summed E-state index contributed by atoms with van der Waals surface area (Å²) >= 11 is 0. The molecule has 0 aliphatic rings.